The molecule has 0 saturated heterocycles. The molecule has 2 rings (SSSR count). The monoisotopic (exact) mass is 658 g/mol. The Labute approximate surface area is 280 Å². The van der Waals surface area contributed by atoms with Crippen molar-refractivity contribution in [1.82, 2.24) is 0 Å². The lowest BCUT2D eigenvalue weighted by Crippen LogP contribution is -2.52. The molecule has 0 radical (unpaired) electrons. The molecule has 7 nitrogen and oxygen atoms in total. The second-order valence-corrected chi connectivity index (χ2v) is 18.7. The Morgan fingerprint density at radius 3 is 1.83 bits per heavy atom. The van der Waals surface area contributed by atoms with Crippen molar-refractivity contribution in [2.75, 3.05) is 13.7 Å². The van der Waals surface area contributed by atoms with Gasteiger partial charge in [-0.3, -0.25) is 4.79 Å². The molecular weight excluding hydrogens is 596 g/mol. The predicted molar refractivity (Wildman–Crippen MR) is 188 cm³/mol. The van der Waals surface area contributed by atoms with E-state index in [-0.39, 0.29) is 48.6 Å². The molecule has 2 aromatic rings. The smallest absolute Gasteiger partial charge is 0.311 e. The summed E-state index contributed by atoms with van der Waals surface area (Å²) in [6.07, 6.45) is -1.57. The maximum atomic E-state index is 12.6. The Bertz CT molecular complexity index is 1120. The number of aliphatic hydroxyl groups is 1. The van der Waals surface area contributed by atoms with Crippen molar-refractivity contribution in [3.63, 3.8) is 0 Å². The molecule has 0 bridgehead atoms. The topological polar surface area (TPSA) is 83.5 Å². The highest BCUT2D eigenvalue weighted by Gasteiger charge is 2.43. The number of aliphatic hydroxyl groups excluding tert-OH is 1. The van der Waals surface area contributed by atoms with Crippen LogP contribution in [0.25, 0.3) is 0 Å². The average Bonchev–Trinajstić information content (AvgIpc) is 3.06. The number of hydrogen-bond donors (Lipinski definition) is 1. The van der Waals surface area contributed by atoms with E-state index in [0.29, 0.717) is 13.2 Å². The molecule has 0 aromatic heterocycles. The third-order valence-electron chi connectivity index (χ3n) is 9.69. The second-order valence-electron chi connectivity index (χ2n) is 13.9. The summed E-state index contributed by atoms with van der Waals surface area (Å²) < 4.78 is 31.4. The van der Waals surface area contributed by atoms with Crippen LogP contribution in [0.4, 0.5) is 0 Å². The first-order valence-corrected chi connectivity index (χ1v) is 19.7. The van der Waals surface area contributed by atoms with E-state index >= 15 is 0 Å². The van der Waals surface area contributed by atoms with Crippen LogP contribution in [0, 0.1) is 23.2 Å². The van der Waals surface area contributed by atoms with Crippen molar-refractivity contribution in [3.8, 4) is 5.75 Å². The Balaban J connectivity index is 2.42. The van der Waals surface area contributed by atoms with Crippen LogP contribution in [0.3, 0.4) is 0 Å². The number of ether oxygens (including phenoxy) is 4. The number of hydrogen-bond acceptors (Lipinski definition) is 7. The van der Waals surface area contributed by atoms with Gasteiger partial charge in [-0.25, -0.2) is 0 Å². The molecule has 0 heterocycles. The quantitative estimate of drug-likeness (QED) is 0.113. The van der Waals surface area contributed by atoms with Gasteiger partial charge in [-0.05, 0) is 69.1 Å². The van der Waals surface area contributed by atoms with Crippen LogP contribution in [-0.2, 0) is 36.6 Å². The van der Waals surface area contributed by atoms with Gasteiger partial charge in [0.2, 0.25) is 0 Å². The first-order valence-electron chi connectivity index (χ1n) is 17.1. The lowest BCUT2D eigenvalue weighted by Gasteiger charge is -2.44. The van der Waals surface area contributed by atoms with E-state index in [1.165, 1.54) is 0 Å². The van der Waals surface area contributed by atoms with Crippen molar-refractivity contribution in [2.45, 2.75) is 125 Å². The summed E-state index contributed by atoms with van der Waals surface area (Å²) in [4.78, 5) is 12.6. The third kappa shape index (κ3) is 11.8. The highest BCUT2D eigenvalue weighted by Crippen LogP contribution is 2.36. The number of esters is 1. The van der Waals surface area contributed by atoms with Gasteiger partial charge in [-0.2, -0.15) is 0 Å². The van der Waals surface area contributed by atoms with Crippen molar-refractivity contribution in [1.29, 1.82) is 0 Å². The molecule has 0 aliphatic rings. The molecule has 0 spiro atoms. The van der Waals surface area contributed by atoms with Crippen molar-refractivity contribution >= 4 is 14.3 Å². The maximum absolute atomic E-state index is 12.6. The lowest BCUT2D eigenvalue weighted by atomic mass is 9.80. The molecule has 0 amide bonds. The summed E-state index contributed by atoms with van der Waals surface area (Å²) in [5, 5.41) is 11.4. The molecule has 2 aromatic carbocycles. The zero-order valence-corrected chi connectivity index (χ0v) is 31.4. The zero-order valence-electron chi connectivity index (χ0n) is 30.4. The van der Waals surface area contributed by atoms with Crippen molar-refractivity contribution in [3.05, 3.63) is 65.7 Å². The summed E-state index contributed by atoms with van der Waals surface area (Å²) in [6.45, 7) is 21.4. The molecule has 0 unspecified atom stereocenters. The maximum Gasteiger partial charge on any atom is 0.311 e. The summed E-state index contributed by atoms with van der Waals surface area (Å²) in [6, 6.07) is 21.1. The van der Waals surface area contributed by atoms with Crippen LogP contribution in [0.2, 0.25) is 18.1 Å². The molecular formula is C38H62O7Si. The number of carbonyl (C=O) groups excluding carboxylic acids is 1. The van der Waals surface area contributed by atoms with Crippen molar-refractivity contribution in [2.24, 2.45) is 23.2 Å². The molecule has 7 atom stereocenters. The SMILES string of the molecule is CC[Si](CC)(CC)O[C@@H]([C@@H](C)[C@H](OCc1ccc(OC)cc1)[C@@H](C)[C@H](C)OCc1ccccc1)[C@@H](C)[C@@H](O)COC(=O)C(C)(C)C. The summed E-state index contributed by atoms with van der Waals surface area (Å²) in [5.41, 5.74) is 1.52. The van der Waals surface area contributed by atoms with Crippen LogP contribution in [-0.4, -0.2) is 57.5 Å². The molecule has 0 aliphatic heterocycles. The van der Waals surface area contributed by atoms with Gasteiger partial charge in [0.05, 0.1) is 50.2 Å². The van der Waals surface area contributed by atoms with E-state index < -0.39 is 19.8 Å². The minimum absolute atomic E-state index is 0.00654. The third-order valence-corrected chi connectivity index (χ3v) is 14.3. The predicted octanol–water partition coefficient (Wildman–Crippen LogP) is 8.43. The van der Waals surface area contributed by atoms with E-state index in [0.717, 1.165) is 35.0 Å². The molecule has 0 fully saturated rings. The number of rotatable bonds is 20. The summed E-state index contributed by atoms with van der Waals surface area (Å²) in [7, 11) is -0.450. The number of benzene rings is 2. The van der Waals surface area contributed by atoms with Crippen LogP contribution in [0.1, 0.15) is 80.4 Å². The van der Waals surface area contributed by atoms with Gasteiger partial charge in [0.1, 0.15) is 12.4 Å². The van der Waals surface area contributed by atoms with Crippen LogP contribution in [0.5, 0.6) is 5.75 Å². The first-order chi connectivity index (χ1) is 21.7. The van der Waals surface area contributed by atoms with Gasteiger partial charge in [-0.15, -0.1) is 0 Å². The number of carbonyl (C=O) groups is 1. The van der Waals surface area contributed by atoms with Crippen LogP contribution >= 0.6 is 0 Å². The largest absolute Gasteiger partial charge is 0.497 e. The average molecular weight is 659 g/mol. The minimum Gasteiger partial charge on any atom is -0.497 e. The Morgan fingerprint density at radius 2 is 1.30 bits per heavy atom. The lowest BCUT2D eigenvalue weighted by molar-refractivity contribution is -0.159. The Morgan fingerprint density at radius 1 is 0.761 bits per heavy atom. The fourth-order valence-electron chi connectivity index (χ4n) is 5.83. The van der Waals surface area contributed by atoms with E-state index in [9.17, 15) is 9.90 Å². The van der Waals surface area contributed by atoms with Gasteiger partial charge >= 0.3 is 5.97 Å². The Kier molecular flexibility index (Phi) is 16.4. The van der Waals surface area contributed by atoms with E-state index in [4.69, 9.17) is 23.4 Å². The zero-order chi connectivity index (χ0) is 34.5. The van der Waals surface area contributed by atoms with Gasteiger partial charge in [-0.1, -0.05) is 84.0 Å². The highest BCUT2D eigenvalue weighted by molar-refractivity contribution is 6.73. The van der Waals surface area contributed by atoms with E-state index in [1.807, 2.05) is 70.2 Å². The summed E-state index contributed by atoms with van der Waals surface area (Å²) in [5.74, 6) is 0.0671. The van der Waals surface area contributed by atoms with E-state index in [1.54, 1.807) is 7.11 Å². The normalized spacial score (nSPS) is 17.0. The summed E-state index contributed by atoms with van der Waals surface area (Å²) >= 11 is 0. The fourth-order valence-corrected chi connectivity index (χ4v) is 8.84. The van der Waals surface area contributed by atoms with Crippen LogP contribution in [0.15, 0.2) is 54.6 Å². The van der Waals surface area contributed by atoms with E-state index in [2.05, 4.69) is 53.7 Å². The van der Waals surface area contributed by atoms with Gasteiger partial charge in [0.25, 0.3) is 0 Å². The van der Waals surface area contributed by atoms with Gasteiger partial charge in [0.15, 0.2) is 8.32 Å². The molecule has 8 heteroatoms. The fraction of sp³-hybridized carbons (Fsp3) is 0.658. The second kappa shape index (κ2) is 18.9. The molecule has 0 saturated carbocycles. The van der Waals surface area contributed by atoms with Crippen LogP contribution < -0.4 is 4.74 Å². The van der Waals surface area contributed by atoms with Gasteiger partial charge in [0, 0.05) is 17.8 Å². The standard InChI is InChI=1S/C38H62O7Si/c1-12-46(13-2,14-3)45-36(28(5)34(39)26-44-37(40)38(8,9)10)29(6)35(43-25-32-20-22-33(41-11)23-21-32)27(4)30(7)42-24-31-18-16-15-17-19-31/h15-23,27-30,34-36,39H,12-14,24-26H2,1-11H3/t27-,28-,29-,30-,34-,35+,36+/m0/s1. The Hall–Kier alpha value is -2.23. The van der Waals surface area contributed by atoms with Gasteiger partial charge < -0.3 is 28.5 Å². The minimum atomic E-state index is -2.11. The molecule has 46 heavy (non-hydrogen) atoms. The molecule has 260 valence electrons. The number of methoxy groups -OCH3 is 1. The molecule has 1 N–H and O–H groups in total. The highest BCUT2D eigenvalue weighted by atomic mass is 28.4. The van der Waals surface area contributed by atoms with Crippen molar-refractivity contribution < 1.29 is 33.3 Å². The first kappa shape index (κ1) is 39.9. The molecule has 0 aliphatic carbocycles.